The molecule has 158 valence electrons. The smallest absolute Gasteiger partial charge is 0.166 e. The number of halogens is 3. The van der Waals surface area contributed by atoms with Gasteiger partial charge in [-0.15, -0.1) is 0 Å². The Labute approximate surface area is 171 Å². The highest BCUT2D eigenvalue weighted by molar-refractivity contribution is 5.65. The molecule has 2 aromatic rings. The van der Waals surface area contributed by atoms with Crippen molar-refractivity contribution in [3.8, 4) is 11.1 Å². The van der Waals surface area contributed by atoms with Crippen molar-refractivity contribution in [2.24, 2.45) is 0 Å². The molecule has 0 saturated carbocycles. The lowest BCUT2D eigenvalue weighted by molar-refractivity contribution is -0.0874. The van der Waals surface area contributed by atoms with E-state index in [1.165, 1.54) is 12.1 Å². The number of hydrogen-bond acceptors (Lipinski definition) is 2. The molecule has 2 aromatic carbocycles. The molecule has 0 spiro atoms. The molecule has 2 unspecified atom stereocenters. The van der Waals surface area contributed by atoms with E-state index in [9.17, 15) is 13.2 Å². The highest BCUT2D eigenvalue weighted by Crippen LogP contribution is 2.34. The van der Waals surface area contributed by atoms with Gasteiger partial charge in [0, 0.05) is 17.7 Å². The first-order valence-electron chi connectivity index (χ1n) is 10.5. The molecule has 0 N–H and O–H groups in total. The van der Waals surface area contributed by atoms with Gasteiger partial charge in [0.25, 0.3) is 0 Å². The van der Waals surface area contributed by atoms with E-state index in [0.717, 1.165) is 25.7 Å². The molecule has 3 rings (SSSR count). The molecule has 2 atom stereocenters. The van der Waals surface area contributed by atoms with E-state index in [-0.39, 0.29) is 17.8 Å². The molecule has 0 aromatic heterocycles. The van der Waals surface area contributed by atoms with E-state index in [1.54, 1.807) is 18.2 Å². The fourth-order valence-corrected chi connectivity index (χ4v) is 3.72. The molecular weight excluding hydrogens is 377 g/mol. The maximum absolute atomic E-state index is 14.8. The first-order valence-corrected chi connectivity index (χ1v) is 10.5. The number of ether oxygens (including phenoxy) is 2. The summed E-state index contributed by atoms with van der Waals surface area (Å²) in [6, 6.07) is 7.64. The van der Waals surface area contributed by atoms with Gasteiger partial charge >= 0.3 is 0 Å². The summed E-state index contributed by atoms with van der Waals surface area (Å²) in [6.07, 6.45) is 4.33. The summed E-state index contributed by atoms with van der Waals surface area (Å²) in [5.74, 6) is -2.22. The summed E-state index contributed by atoms with van der Waals surface area (Å²) < 4.78 is 55.2. The molecule has 0 radical (unpaired) electrons. The van der Waals surface area contributed by atoms with E-state index in [1.807, 2.05) is 6.92 Å². The Balaban J connectivity index is 1.74. The zero-order valence-electron chi connectivity index (χ0n) is 17.1. The quantitative estimate of drug-likeness (QED) is 0.482. The Kier molecular flexibility index (Phi) is 7.73. The SMILES string of the molecule is CCCCc1ccc(-c2ccc(C3CCC(OCCC)CO3)c(F)c2)c(F)c1F. The Bertz CT molecular complexity index is 814. The van der Waals surface area contributed by atoms with Gasteiger partial charge in [-0.1, -0.05) is 44.5 Å². The van der Waals surface area contributed by atoms with Crippen LogP contribution < -0.4 is 0 Å². The van der Waals surface area contributed by atoms with Gasteiger partial charge in [0.05, 0.1) is 18.8 Å². The van der Waals surface area contributed by atoms with E-state index < -0.39 is 17.5 Å². The second kappa shape index (κ2) is 10.3. The van der Waals surface area contributed by atoms with Gasteiger partial charge in [0.2, 0.25) is 0 Å². The maximum atomic E-state index is 14.8. The Morgan fingerprint density at radius 1 is 1.00 bits per heavy atom. The summed E-state index contributed by atoms with van der Waals surface area (Å²) in [6.45, 7) is 5.18. The topological polar surface area (TPSA) is 18.5 Å². The molecule has 29 heavy (non-hydrogen) atoms. The first-order chi connectivity index (χ1) is 14.0. The van der Waals surface area contributed by atoms with Crippen LogP contribution in [0.5, 0.6) is 0 Å². The van der Waals surface area contributed by atoms with Gasteiger partial charge in [0.15, 0.2) is 11.6 Å². The highest BCUT2D eigenvalue weighted by atomic mass is 19.2. The van der Waals surface area contributed by atoms with Crippen LogP contribution in [0, 0.1) is 17.5 Å². The van der Waals surface area contributed by atoms with Gasteiger partial charge < -0.3 is 9.47 Å². The highest BCUT2D eigenvalue weighted by Gasteiger charge is 2.26. The minimum Gasteiger partial charge on any atom is -0.376 e. The minimum atomic E-state index is -0.921. The Hall–Kier alpha value is -1.85. The van der Waals surface area contributed by atoms with Crippen molar-refractivity contribution in [3.05, 3.63) is 58.9 Å². The summed E-state index contributed by atoms with van der Waals surface area (Å²) in [5, 5.41) is 0. The summed E-state index contributed by atoms with van der Waals surface area (Å²) in [5.41, 5.74) is 1.21. The van der Waals surface area contributed by atoms with Gasteiger partial charge in [-0.25, -0.2) is 13.2 Å². The molecule has 0 aliphatic carbocycles. The van der Waals surface area contributed by atoms with Gasteiger partial charge in [-0.05, 0) is 49.3 Å². The zero-order chi connectivity index (χ0) is 20.8. The van der Waals surface area contributed by atoms with Gasteiger partial charge in [-0.2, -0.15) is 0 Å². The molecule has 1 fully saturated rings. The van der Waals surface area contributed by atoms with Crippen molar-refractivity contribution in [1.29, 1.82) is 0 Å². The predicted octanol–water partition coefficient (Wildman–Crippen LogP) is 6.76. The van der Waals surface area contributed by atoms with E-state index in [2.05, 4.69) is 6.92 Å². The molecule has 1 heterocycles. The van der Waals surface area contributed by atoms with Crippen molar-refractivity contribution in [2.45, 2.75) is 64.6 Å². The Morgan fingerprint density at radius 2 is 1.83 bits per heavy atom. The van der Waals surface area contributed by atoms with Gasteiger partial charge in [-0.3, -0.25) is 0 Å². The third kappa shape index (κ3) is 5.20. The summed E-state index contributed by atoms with van der Waals surface area (Å²) >= 11 is 0. The minimum absolute atomic E-state index is 0.0526. The van der Waals surface area contributed by atoms with Crippen LogP contribution >= 0.6 is 0 Å². The average molecular weight is 406 g/mol. The number of rotatable bonds is 8. The number of hydrogen-bond donors (Lipinski definition) is 0. The fourth-order valence-electron chi connectivity index (χ4n) is 3.72. The lowest BCUT2D eigenvalue weighted by atomic mass is 9.95. The molecule has 0 bridgehead atoms. The van der Waals surface area contributed by atoms with Crippen LogP contribution in [0.2, 0.25) is 0 Å². The van der Waals surface area contributed by atoms with Crippen molar-refractivity contribution >= 4 is 0 Å². The monoisotopic (exact) mass is 406 g/mol. The summed E-state index contributed by atoms with van der Waals surface area (Å²) in [7, 11) is 0. The Morgan fingerprint density at radius 3 is 2.48 bits per heavy atom. The van der Waals surface area contributed by atoms with Crippen molar-refractivity contribution in [2.75, 3.05) is 13.2 Å². The van der Waals surface area contributed by atoms with Crippen LogP contribution in [-0.4, -0.2) is 19.3 Å². The summed E-state index contributed by atoms with van der Waals surface area (Å²) in [4.78, 5) is 0. The third-order valence-corrected chi connectivity index (χ3v) is 5.41. The van der Waals surface area contributed by atoms with Crippen LogP contribution in [0.1, 0.15) is 63.2 Å². The average Bonchev–Trinajstić information content (AvgIpc) is 2.74. The van der Waals surface area contributed by atoms with Crippen molar-refractivity contribution in [3.63, 3.8) is 0 Å². The van der Waals surface area contributed by atoms with Crippen LogP contribution in [0.3, 0.4) is 0 Å². The maximum Gasteiger partial charge on any atom is 0.166 e. The molecular formula is C24H29F3O2. The number of unbranched alkanes of at least 4 members (excludes halogenated alkanes) is 1. The predicted molar refractivity (Wildman–Crippen MR) is 108 cm³/mol. The third-order valence-electron chi connectivity index (χ3n) is 5.41. The van der Waals surface area contributed by atoms with Gasteiger partial charge in [0.1, 0.15) is 5.82 Å². The molecule has 1 aliphatic heterocycles. The van der Waals surface area contributed by atoms with Crippen LogP contribution in [-0.2, 0) is 15.9 Å². The van der Waals surface area contributed by atoms with Crippen LogP contribution in [0.25, 0.3) is 11.1 Å². The fraction of sp³-hybridized carbons (Fsp3) is 0.500. The normalized spacial score (nSPS) is 19.5. The lowest BCUT2D eigenvalue weighted by Crippen LogP contribution is -2.28. The largest absolute Gasteiger partial charge is 0.376 e. The van der Waals surface area contributed by atoms with E-state index in [0.29, 0.717) is 42.7 Å². The molecule has 1 saturated heterocycles. The first kappa shape index (κ1) is 21.8. The zero-order valence-corrected chi connectivity index (χ0v) is 17.1. The molecule has 1 aliphatic rings. The van der Waals surface area contributed by atoms with E-state index in [4.69, 9.17) is 9.47 Å². The molecule has 0 amide bonds. The van der Waals surface area contributed by atoms with Crippen molar-refractivity contribution in [1.82, 2.24) is 0 Å². The molecule has 2 nitrogen and oxygen atoms in total. The number of aryl methyl sites for hydroxylation is 1. The second-order valence-electron chi connectivity index (χ2n) is 7.63. The molecule has 5 heteroatoms. The van der Waals surface area contributed by atoms with Crippen LogP contribution in [0.4, 0.5) is 13.2 Å². The second-order valence-corrected chi connectivity index (χ2v) is 7.63. The number of benzene rings is 2. The standard InChI is InChI=1S/C24H29F3O2/c1-3-5-6-16-7-10-19(24(27)23(16)26)17-8-11-20(21(25)14-17)22-12-9-18(15-29-22)28-13-4-2/h7-8,10-11,14,18,22H,3-6,9,12-13,15H2,1-2H3. The van der Waals surface area contributed by atoms with Crippen LogP contribution in [0.15, 0.2) is 30.3 Å². The van der Waals surface area contributed by atoms with E-state index >= 15 is 0 Å². The lowest BCUT2D eigenvalue weighted by Gasteiger charge is -2.29. The van der Waals surface area contributed by atoms with Crippen molar-refractivity contribution < 1.29 is 22.6 Å².